The van der Waals surface area contributed by atoms with Crippen LogP contribution in [0.25, 0.3) is 0 Å². The summed E-state index contributed by atoms with van der Waals surface area (Å²) in [6.07, 6.45) is 6.03. The van der Waals surface area contributed by atoms with E-state index in [1.54, 1.807) is 18.6 Å². The number of halogens is 1. The number of carbonyl (C=O) groups is 1. The zero-order chi connectivity index (χ0) is 18.2. The van der Waals surface area contributed by atoms with Crippen LogP contribution in [-0.2, 0) is 11.2 Å². The number of benzene rings is 2. The Labute approximate surface area is 158 Å². The number of hydrogen-bond donors (Lipinski definition) is 1. The van der Waals surface area contributed by atoms with E-state index in [1.165, 1.54) is 0 Å². The highest BCUT2D eigenvalue weighted by atomic mass is 35.5. The second-order valence-corrected chi connectivity index (χ2v) is 6.46. The lowest BCUT2D eigenvalue weighted by atomic mass is 9.88. The van der Waals surface area contributed by atoms with Gasteiger partial charge in [0.25, 0.3) is 0 Å². The summed E-state index contributed by atoms with van der Waals surface area (Å²) < 4.78 is 0. The van der Waals surface area contributed by atoms with Crippen LogP contribution in [0.15, 0.2) is 73.2 Å². The van der Waals surface area contributed by atoms with Gasteiger partial charge in [0.2, 0.25) is 5.91 Å². The van der Waals surface area contributed by atoms with Crippen molar-refractivity contribution >= 4 is 17.5 Å². The molecule has 1 N–H and O–H groups in total. The van der Waals surface area contributed by atoms with Crippen LogP contribution in [0.5, 0.6) is 0 Å². The fourth-order valence-electron chi connectivity index (χ4n) is 2.88. The van der Waals surface area contributed by atoms with Gasteiger partial charge in [-0.15, -0.1) is 0 Å². The highest BCUT2D eigenvalue weighted by Crippen LogP contribution is 2.29. The van der Waals surface area contributed by atoms with Gasteiger partial charge in [0.15, 0.2) is 0 Å². The topological polar surface area (TPSA) is 54.9 Å². The molecule has 5 heteroatoms. The van der Waals surface area contributed by atoms with E-state index in [2.05, 4.69) is 15.3 Å². The standard InChI is InChI=1S/C21H20ClN3O/c22-18-8-4-7-17(13-18)20(16-5-2-1-3-6-16)14-21(26)25-10-9-19-15-23-11-12-24-19/h1-8,11-13,15,20H,9-10,14H2,(H,25,26)/t20-/m0/s1. The minimum Gasteiger partial charge on any atom is -0.356 e. The second kappa shape index (κ2) is 9.11. The maximum absolute atomic E-state index is 12.5. The Morgan fingerprint density at radius 2 is 1.85 bits per heavy atom. The zero-order valence-electron chi connectivity index (χ0n) is 14.3. The molecule has 1 heterocycles. The van der Waals surface area contributed by atoms with Crippen molar-refractivity contribution in [3.05, 3.63) is 95.0 Å². The van der Waals surface area contributed by atoms with Gasteiger partial charge in [0.05, 0.1) is 5.69 Å². The first-order chi connectivity index (χ1) is 12.7. The lowest BCUT2D eigenvalue weighted by Gasteiger charge is -2.18. The van der Waals surface area contributed by atoms with Crippen LogP contribution in [0.3, 0.4) is 0 Å². The van der Waals surface area contributed by atoms with Crippen LogP contribution >= 0.6 is 11.6 Å². The van der Waals surface area contributed by atoms with Crippen LogP contribution < -0.4 is 5.32 Å². The predicted octanol–water partition coefficient (Wildman–Crippen LogP) is 4.01. The largest absolute Gasteiger partial charge is 0.356 e. The average molecular weight is 366 g/mol. The van der Waals surface area contributed by atoms with Crippen molar-refractivity contribution in [2.45, 2.75) is 18.8 Å². The number of nitrogens with zero attached hydrogens (tertiary/aromatic N) is 2. The fourth-order valence-corrected chi connectivity index (χ4v) is 3.08. The van der Waals surface area contributed by atoms with Crippen molar-refractivity contribution < 1.29 is 4.79 Å². The molecule has 2 aromatic carbocycles. The van der Waals surface area contributed by atoms with Crippen LogP contribution in [0.1, 0.15) is 29.2 Å². The number of aromatic nitrogens is 2. The predicted molar refractivity (Wildman–Crippen MR) is 103 cm³/mol. The molecule has 0 saturated carbocycles. The van der Waals surface area contributed by atoms with E-state index in [0.717, 1.165) is 16.8 Å². The van der Waals surface area contributed by atoms with Gasteiger partial charge in [-0.05, 0) is 23.3 Å². The Morgan fingerprint density at radius 3 is 2.58 bits per heavy atom. The third kappa shape index (κ3) is 5.14. The van der Waals surface area contributed by atoms with E-state index < -0.39 is 0 Å². The minimum absolute atomic E-state index is 0.00252. The van der Waals surface area contributed by atoms with Gasteiger partial charge in [0, 0.05) is 48.9 Å². The molecule has 0 aliphatic heterocycles. The molecule has 1 aromatic heterocycles. The maximum Gasteiger partial charge on any atom is 0.220 e. The summed E-state index contributed by atoms with van der Waals surface area (Å²) in [6.45, 7) is 0.536. The number of carbonyl (C=O) groups excluding carboxylic acids is 1. The lowest BCUT2D eigenvalue weighted by Crippen LogP contribution is -2.27. The summed E-state index contributed by atoms with van der Waals surface area (Å²) in [7, 11) is 0. The monoisotopic (exact) mass is 365 g/mol. The van der Waals surface area contributed by atoms with Gasteiger partial charge >= 0.3 is 0 Å². The van der Waals surface area contributed by atoms with Gasteiger partial charge in [-0.1, -0.05) is 54.1 Å². The summed E-state index contributed by atoms with van der Waals surface area (Å²) in [5, 5.41) is 3.65. The summed E-state index contributed by atoms with van der Waals surface area (Å²) in [5.74, 6) is -0.0332. The van der Waals surface area contributed by atoms with Gasteiger partial charge in [-0.25, -0.2) is 0 Å². The Hall–Kier alpha value is -2.72. The molecule has 0 aliphatic carbocycles. The lowest BCUT2D eigenvalue weighted by molar-refractivity contribution is -0.121. The van der Waals surface area contributed by atoms with E-state index in [0.29, 0.717) is 24.4 Å². The van der Waals surface area contributed by atoms with E-state index in [-0.39, 0.29) is 11.8 Å². The van der Waals surface area contributed by atoms with Crippen LogP contribution in [-0.4, -0.2) is 22.4 Å². The first-order valence-corrected chi connectivity index (χ1v) is 8.92. The van der Waals surface area contributed by atoms with Crippen molar-refractivity contribution in [3.63, 3.8) is 0 Å². The number of amides is 1. The molecule has 4 nitrogen and oxygen atoms in total. The highest BCUT2D eigenvalue weighted by Gasteiger charge is 2.18. The van der Waals surface area contributed by atoms with Gasteiger partial charge in [-0.3, -0.25) is 14.8 Å². The number of hydrogen-bond acceptors (Lipinski definition) is 3. The molecular formula is C21H20ClN3O. The average Bonchev–Trinajstić information content (AvgIpc) is 2.68. The Morgan fingerprint density at radius 1 is 1.04 bits per heavy atom. The third-order valence-electron chi connectivity index (χ3n) is 4.16. The molecule has 0 unspecified atom stereocenters. The summed E-state index contributed by atoms with van der Waals surface area (Å²) in [6, 6.07) is 17.7. The molecule has 26 heavy (non-hydrogen) atoms. The molecule has 132 valence electrons. The van der Waals surface area contributed by atoms with Gasteiger partial charge < -0.3 is 5.32 Å². The fraction of sp³-hybridized carbons (Fsp3) is 0.190. The third-order valence-corrected chi connectivity index (χ3v) is 4.40. The Balaban J connectivity index is 1.66. The van der Waals surface area contributed by atoms with Crippen molar-refractivity contribution in [1.29, 1.82) is 0 Å². The molecule has 0 fully saturated rings. The zero-order valence-corrected chi connectivity index (χ0v) is 15.1. The molecule has 0 bridgehead atoms. The molecule has 3 rings (SSSR count). The number of rotatable bonds is 7. The number of nitrogens with one attached hydrogen (secondary N) is 1. The van der Waals surface area contributed by atoms with E-state index >= 15 is 0 Å². The maximum atomic E-state index is 12.5. The molecule has 1 amide bonds. The molecule has 0 aliphatic rings. The van der Waals surface area contributed by atoms with Crippen molar-refractivity contribution in [3.8, 4) is 0 Å². The molecule has 0 saturated heterocycles. The van der Waals surface area contributed by atoms with Gasteiger partial charge in [0.1, 0.15) is 0 Å². The summed E-state index contributed by atoms with van der Waals surface area (Å²) in [5.41, 5.74) is 2.99. The van der Waals surface area contributed by atoms with Crippen LogP contribution in [0.2, 0.25) is 5.02 Å². The highest BCUT2D eigenvalue weighted by molar-refractivity contribution is 6.30. The van der Waals surface area contributed by atoms with Crippen molar-refractivity contribution in [2.24, 2.45) is 0 Å². The minimum atomic E-state index is -0.0357. The van der Waals surface area contributed by atoms with Crippen molar-refractivity contribution in [2.75, 3.05) is 6.54 Å². The van der Waals surface area contributed by atoms with Crippen LogP contribution in [0, 0.1) is 0 Å². The van der Waals surface area contributed by atoms with E-state index in [1.807, 2.05) is 54.6 Å². The molecule has 3 aromatic rings. The smallest absolute Gasteiger partial charge is 0.220 e. The van der Waals surface area contributed by atoms with E-state index in [9.17, 15) is 4.79 Å². The summed E-state index contributed by atoms with van der Waals surface area (Å²) >= 11 is 6.15. The molecule has 1 atom stereocenters. The molecule has 0 spiro atoms. The Bertz CT molecular complexity index is 840. The van der Waals surface area contributed by atoms with Crippen molar-refractivity contribution in [1.82, 2.24) is 15.3 Å². The normalized spacial score (nSPS) is 11.7. The first-order valence-electron chi connectivity index (χ1n) is 8.54. The van der Waals surface area contributed by atoms with E-state index in [4.69, 9.17) is 11.6 Å². The molecule has 0 radical (unpaired) electrons. The van der Waals surface area contributed by atoms with Crippen LogP contribution in [0.4, 0.5) is 0 Å². The first kappa shape index (κ1) is 18.1. The Kier molecular flexibility index (Phi) is 6.34. The summed E-state index contributed by atoms with van der Waals surface area (Å²) in [4.78, 5) is 20.7. The quantitative estimate of drug-likeness (QED) is 0.688. The second-order valence-electron chi connectivity index (χ2n) is 6.02. The SMILES string of the molecule is O=C(C[C@@H](c1ccccc1)c1cccc(Cl)c1)NCCc1cnccn1. The van der Waals surface area contributed by atoms with Gasteiger partial charge in [-0.2, -0.15) is 0 Å². The molecular weight excluding hydrogens is 346 g/mol.